The number of unbranched alkanes of at least 4 members (excludes halogenated alkanes) is 1. The van der Waals surface area contributed by atoms with Crippen LogP contribution >= 0.6 is 0 Å². The lowest BCUT2D eigenvalue weighted by Crippen LogP contribution is -2.11. The summed E-state index contributed by atoms with van der Waals surface area (Å²) >= 11 is 0. The SMILES string of the molecule is OCCCCOc1cccc2c1CCCC2O. The summed E-state index contributed by atoms with van der Waals surface area (Å²) in [5.74, 6) is 0.902. The molecule has 1 aromatic carbocycles. The highest BCUT2D eigenvalue weighted by atomic mass is 16.5. The molecule has 2 rings (SSSR count). The van der Waals surface area contributed by atoms with Crippen molar-refractivity contribution in [2.45, 2.75) is 38.2 Å². The molecule has 0 aromatic heterocycles. The quantitative estimate of drug-likeness (QED) is 0.771. The lowest BCUT2D eigenvalue weighted by atomic mass is 9.89. The summed E-state index contributed by atoms with van der Waals surface area (Å²) in [6, 6.07) is 5.89. The predicted molar refractivity (Wildman–Crippen MR) is 66.2 cm³/mol. The zero-order valence-corrected chi connectivity index (χ0v) is 10.1. The maximum atomic E-state index is 9.91. The van der Waals surface area contributed by atoms with Crippen LogP contribution in [0.4, 0.5) is 0 Å². The van der Waals surface area contributed by atoms with Crippen LogP contribution in [-0.4, -0.2) is 23.4 Å². The molecular formula is C14H20O3. The van der Waals surface area contributed by atoms with Crippen LogP contribution < -0.4 is 4.74 Å². The van der Waals surface area contributed by atoms with Crippen LogP contribution in [0.15, 0.2) is 18.2 Å². The van der Waals surface area contributed by atoms with Crippen LogP contribution in [0, 0.1) is 0 Å². The fraction of sp³-hybridized carbons (Fsp3) is 0.571. The van der Waals surface area contributed by atoms with Gasteiger partial charge in [0.2, 0.25) is 0 Å². The molecular weight excluding hydrogens is 216 g/mol. The Morgan fingerprint density at radius 3 is 3.00 bits per heavy atom. The normalized spacial score (nSPS) is 18.8. The standard InChI is InChI=1S/C14H20O3/c15-9-1-2-10-17-14-8-4-5-11-12(14)6-3-7-13(11)16/h4-5,8,13,15-16H,1-3,6-7,9-10H2. The van der Waals surface area contributed by atoms with E-state index in [2.05, 4.69) is 0 Å². The molecule has 1 atom stereocenters. The second-order valence-electron chi connectivity index (χ2n) is 4.51. The third kappa shape index (κ3) is 2.99. The number of benzene rings is 1. The van der Waals surface area contributed by atoms with Gasteiger partial charge in [0.05, 0.1) is 12.7 Å². The van der Waals surface area contributed by atoms with Crippen LogP contribution in [0.1, 0.15) is 42.9 Å². The van der Waals surface area contributed by atoms with E-state index in [9.17, 15) is 5.11 Å². The highest BCUT2D eigenvalue weighted by Crippen LogP contribution is 2.35. The van der Waals surface area contributed by atoms with Crippen LogP contribution in [-0.2, 0) is 6.42 Å². The lowest BCUT2D eigenvalue weighted by Gasteiger charge is -2.23. The Balaban J connectivity index is 2.04. The number of ether oxygens (including phenoxy) is 1. The van der Waals surface area contributed by atoms with Gasteiger partial charge in [-0.25, -0.2) is 0 Å². The lowest BCUT2D eigenvalue weighted by molar-refractivity contribution is 0.155. The van der Waals surface area contributed by atoms with E-state index in [1.807, 2.05) is 18.2 Å². The van der Waals surface area contributed by atoms with Crippen molar-refractivity contribution in [1.29, 1.82) is 0 Å². The molecule has 0 aliphatic heterocycles. The first-order valence-electron chi connectivity index (χ1n) is 6.36. The first kappa shape index (κ1) is 12.4. The summed E-state index contributed by atoms with van der Waals surface area (Å²) in [5.41, 5.74) is 2.19. The number of hydrogen-bond acceptors (Lipinski definition) is 3. The van der Waals surface area contributed by atoms with Gasteiger partial charge in [0.15, 0.2) is 0 Å². The molecule has 0 bridgehead atoms. The Labute approximate surface area is 102 Å². The van der Waals surface area contributed by atoms with E-state index in [-0.39, 0.29) is 12.7 Å². The van der Waals surface area contributed by atoms with Crippen molar-refractivity contribution >= 4 is 0 Å². The van der Waals surface area contributed by atoms with E-state index in [0.29, 0.717) is 6.61 Å². The number of fused-ring (bicyclic) bond motifs is 1. The van der Waals surface area contributed by atoms with Crippen molar-refractivity contribution in [3.05, 3.63) is 29.3 Å². The van der Waals surface area contributed by atoms with Crippen LogP contribution in [0.3, 0.4) is 0 Å². The van der Waals surface area contributed by atoms with Gasteiger partial charge in [-0.05, 0) is 49.3 Å². The van der Waals surface area contributed by atoms with Gasteiger partial charge in [-0.15, -0.1) is 0 Å². The summed E-state index contributed by atoms with van der Waals surface area (Å²) in [7, 11) is 0. The van der Waals surface area contributed by atoms with Gasteiger partial charge < -0.3 is 14.9 Å². The van der Waals surface area contributed by atoms with Gasteiger partial charge >= 0.3 is 0 Å². The van der Waals surface area contributed by atoms with Crippen molar-refractivity contribution in [1.82, 2.24) is 0 Å². The molecule has 1 aliphatic rings. The molecule has 1 aromatic rings. The summed E-state index contributed by atoms with van der Waals surface area (Å²) in [6.45, 7) is 0.849. The Morgan fingerprint density at radius 2 is 2.18 bits per heavy atom. The van der Waals surface area contributed by atoms with E-state index in [0.717, 1.165) is 49.0 Å². The minimum atomic E-state index is -0.334. The zero-order chi connectivity index (χ0) is 12.1. The topological polar surface area (TPSA) is 49.7 Å². The van der Waals surface area contributed by atoms with Gasteiger partial charge in [-0.2, -0.15) is 0 Å². The van der Waals surface area contributed by atoms with Gasteiger partial charge in [-0.3, -0.25) is 0 Å². The molecule has 3 nitrogen and oxygen atoms in total. The van der Waals surface area contributed by atoms with Crippen molar-refractivity contribution in [3.8, 4) is 5.75 Å². The zero-order valence-electron chi connectivity index (χ0n) is 10.1. The molecule has 3 heteroatoms. The average Bonchev–Trinajstić information content (AvgIpc) is 2.36. The third-order valence-corrected chi connectivity index (χ3v) is 3.24. The highest BCUT2D eigenvalue weighted by Gasteiger charge is 2.20. The fourth-order valence-electron chi connectivity index (χ4n) is 2.32. The minimum Gasteiger partial charge on any atom is -0.493 e. The molecule has 17 heavy (non-hydrogen) atoms. The Kier molecular flexibility index (Phi) is 4.40. The molecule has 94 valence electrons. The van der Waals surface area contributed by atoms with Gasteiger partial charge in [-0.1, -0.05) is 12.1 Å². The molecule has 0 amide bonds. The number of aliphatic hydroxyl groups is 2. The van der Waals surface area contributed by atoms with Gasteiger partial charge in [0, 0.05) is 6.61 Å². The predicted octanol–water partition coefficient (Wildman–Crippen LogP) is 2.21. The van der Waals surface area contributed by atoms with Crippen molar-refractivity contribution in [3.63, 3.8) is 0 Å². The van der Waals surface area contributed by atoms with E-state index >= 15 is 0 Å². The number of aliphatic hydroxyl groups excluding tert-OH is 2. The van der Waals surface area contributed by atoms with Crippen LogP contribution in [0.25, 0.3) is 0 Å². The van der Waals surface area contributed by atoms with E-state index in [4.69, 9.17) is 9.84 Å². The highest BCUT2D eigenvalue weighted by molar-refractivity contribution is 5.42. The summed E-state index contributed by atoms with van der Waals surface area (Å²) < 4.78 is 5.73. The Hall–Kier alpha value is -1.06. The number of hydrogen-bond donors (Lipinski definition) is 2. The van der Waals surface area contributed by atoms with E-state index in [1.54, 1.807) is 0 Å². The molecule has 1 aliphatic carbocycles. The van der Waals surface area contributed by atoms with Crippen LogP contribution in [0.5, 0.6) is 5.75 Å². The van der Waals surface area contributed by atoms with Gasteiger partial charge in [0.1, 0.15) is 5.75 Å². The summed E-state index contributed by atoms with van der Waals surface area (Å²) in [5, 5.41) is 18.6. The third-order valence-electron chi connectivity index (χ3n) is 3.24. The van der Waals surface area contributed by atoms with Crippen molar-refractivity contribution in [2.24, 2.45) is 0 Å². The number of rotatable bonds is 5. The molecule has 0 radical (unpaired) electrons. The summed E-state index contributed by atoms with van der Waals surface area (Å²) in [4.78, 5) is 0. The summed E-state index contributed by atoms with van der Waals surface area (Å²) in [6.07, 6.45) is 4.16. The second kappa shape index (κ2) is 6.03. The second-order valence-corrected chi connectivity index (χ2v) is 4.51. The monoisotopic (exact) mass is 236 g/mol. The van der Waals surface area contributed by atoms with Gasteiger partial charge in [0.25, 0.3) is 0 Å². The molecule has 0 fully saturated rings. The van der Waals surface area contributed by atoms with E-state index < -0.39 is 0 Å². The van der Waals surface area contributed by atoms with Crippen LogP contribution in [0.2, 0.25) is 0 Å². The smallest absolute Gasteiger partial charge is 0.122 e. The Bertz CT molecular complexity index is 362. The fourth-order valence-corrected chi connectivity index (χ4v) is 2.32. The molecule has 0 saturated heterocycles. The molecule has 0 heterocycles. The maximum Gasteiger partial charge on any atom is 0.122 e. The molecule has 1 unspecified atom stereocenters. The average molecular weight is 236 g/mol. The van der Waals surface area contributed by atoms with E-state index in [1.165, 1.54) is 0 Å². The molecule has 0 saturated carbocycles. The first-order chi connectivity index (χ1) is 8.33. The van der Waals surface area contributed by atoms with Crippen molar-refractivity contribution < 1.29 is 14.9 Å². The maximum absolute atomic E-state index is 9.91. The largest absolute Gasteiger partial charge is 0.493 e. The first-order valence-corrected chi connectivity index (χ1v) is 6.36. The minimum absolute atomic E-state index is 0.217. The molecule has 2 N–H and O–H groups in total. The Morgan fingerprint density at radius 1 is 1.29 bits per heavy atom. The van der Waals surface area contributed by atoms with Crippen molar-refractivity contribution in [2.75, 3.05) is 13.2 Å². The molecule has 0 spiro atoms.